The Hall–Kier alpha value is -4.90. The Morgan fingerprint density at radius 1 is 0.600 bits per heavy atom. The second-order valence-electron chi connectivity index (χ2n) is 14.7. The SMILES string of the molecule is CCC(Cc1ccc(C(=O)N2CCN(C)CC2)cc1)(C(=O)c1ccc(F)cc1)N(C)C.CCC(Cc1ccc(C=O)cc1)(C(=O)c1ccc(F)cc1)N(C)C. The summed E-state index contributed by atoms with van der Waals surface area (Å²) in [6, 6.07) is 26.2. The lowest BCUT2D eigenvalue weighted by Gasteiger charge is -2.38. The van der Waals surface area contributed by atoms with Crippen molar-refractivity contribution in [1.29, 1.82) is 0 Å². The smallest absolute Gasteiger partial charge is 0.253 e. The van der Waals surface area contributed by atoms with Crippen molar-refractivity contribution in [2.45, 2.75) is 50.6 Å². The van der Waals surface area contributed by atoms with Gasteiger partial charge in [-0.2, -0.15) is 0 Å². The van der Waals surface area contributed by atoms with Crippen LogP contribution in [0.2, 0.25) is 0 Å². The van der Waals surface area contributed by atoms with Gasteiger partial charge in [-0.25, -0.2) is 8.78 Å². The first-order valence-corrected chi connectivity index (χ1v) is 18.8. The van der Waals surface area contributed by atoms with Gasteiger partial charge in [0.25, 0.3) is 5.91 Å². The molecule has 1 aliphatic rings. The van der Waals surface area contributed by atoms with Gasteiger partial charge in [0.15, 0.2) is 11.6 Å². The van der Waals surface area contributed by atoms with Crippen LogP contribution in [0.3, 0.4) is 0 Å². The number of piperazine rings is 1. The van der Waals surface area contributed by atoms with E-state index < -0.39 is 11.1 Å². The normalized spacial score (nSPS) is 15.4. The first kappa shape index (κ1) is 42.8. The average molecular weight is 753 g/mol. The highest BCUT2D eigenvalue weighted by molar-refractivity contribution is 6.04. The summed E-state index contributed by atoms with van der Waals surface area (Å²) in [6.45, 7) is 7.22. The van der Waals surface area contributed by atoms with E-state index in [2.05, 4.69) is 11.9 Å². The van der Waals surface area contributed by atoms with Crippen molar-refractivity contribution in [3.05, 3.63) is 142 Å². The zero-order valence-corrected chi connectivity index (χ0v) is 33.1. The van der Waals surface area contributed by atoms with Crippen molar-refractivity contribution in [2.24, 2.45) is 0 Å². The van der Waals surface area contributed by atoms with Crippen LogP contribution in [0.1, 0.15) is 79.2 Å². The topological polar surface area (TPSA) is 81.2 Å². The number of carbonyl (C=O) groups excluding carboxylic acids is 4. The lowest BCUT2D eigenvalue weighted by atomic mass is 9.80. The van der Waals surface area contributed by atoms with Gasteiger partial charge in [0, 0.05) is 48.4 Å². The molecule has 8 nitrogen and oxygen atoms in total. The van der Waals surface area contributed by atoms with Crippen molar-refractivity contribution in [3.63, 3.8) is 0 Å². The van der Waals surface area contributed by atoms with E-state index in [4.69, 9.17) is 0 Å². The zero-order chi connectivity index (χ0) is 40.3. The number of rotatable bonds is 14. The van der Waals surface area contributed by atoms with Crippen molar-refractivity contribution < 1.29 is 28.0 Å². The molecule has 0 radical (unpaired) electrons. The van der Waals surface area contributed by atoms with E-state index in [1.807, 2.05) is 93.1 Å². The summed E-state index contributed by atoms with van der Waals surface area (Å²) in [5, 5.41) is 0. The monoisotopic (exact) mass is 752 g/mol. The highest BCUT2D eigenvalue weighted by atomic mass is 19.1. The molecular weight excluding hydrogens is 699 g/mol. The summed E-state index contributed by atoms with van der Waals surface area (Å²) in [7, 11) is 9.62. The molecule has 0 N–H and O–H groups in total. The molecule has 10 heteroatoms. The third-order valence-electron chi connectivity index (χ3n) is 11.0. The molecule has 5 rings (SSSR count). The van der Waals surface area contributed by atoms with E-state index in [1.165, 1.54) is 36.4 Å². The molecule has 4 aromatic rings. The van der Waals surface area contributed by atoms with Crippen LogP contribution in [0.15, 0.2) is 97.1 Å². The van der Waals surface area contributed by atoms with E-state index in [0.717, 1.165) is 43.6 Å². The number of amides is 1. The summed E-state index contributed by atoms with van der Waals surface area (Å²) in [4.78, 5) is 58.2. The predicted octanol–water partition coefficient (Wildman–Crippen LogP) is 7.12. The van der Waals surface area contributed by atoms with Crippen LogP contribution in [-0.4, -0.2) is 116 Å². The summed E-state index contributed by atoms with van der Waals surface area (Å²) in [6.07, 6.45) is 3.05. The molecule has 2 unspecified atom stereocenters. The number of benzene rings is 4. The number of nitrogens with zero attached hydrogens (tertiary/aromatic N) is 4. The molecule has 0 aliphatic carbocycles. The average Bonchev–Trinajstić information content (AvgIpc) is 3.19. The number of carbonyl (C=O) groups is 4. The fourth-order valence-corrected chi connectivity index (χ4v) is 7.17. The van der Waals surface area contributed by atoms with Gasteiger partial charge in [-0.3, -0.25) is 29.0 Å². The highest BCUT2D eigenvalue weighted by Gasteiger charge is 2.40. The van der Waals surface area contributed by atoms with Gasteiger partial charge in [-0.05, 0) is 133 Å². The molecule has 1 heterocycles. The van der Waals surface area contributed by atoms with Crippen LogP contribution >= 0.6 is 0 Å². The van der Waals surface area contributed by atoms with Gasteiger partial charge < -0.3 is 9.80 Å². The molecule has 1 fully saturated rings. The van der Waals surface area contributed by atoms with E-state index >= 15 is 0 Å². The Balaban J connectivity index is 0.000000253. The molecule has 55 heavy (non-hydrogen) atoms. The maximum atomic E-state index is 13.4. The van der Waals surface area contributed by atoms with Crippen molar-refractivity contribution in [3.8, 4) is 0 Å². The van der Waals surface area contributed by atoms with Gasteiger partial charge in [0.2, 0.25) is 0 Å². The van der Waals surface area contributed by atoms with E-state index in [0.29, 0.717) is 47.9 Å². The number of halogens is 2. The van der Waals surface area contributed by atoms with Gasteiger partial charge in [0.05, 0.1) is 11.1 Å². The minimum atomic E-state index is -0.749. The summed E-state index contributed by atoms with van der Waals surface area (Å²) in [5.74, 6) is -0.726. The highest BCUT2D eigenvalue weighted by Crippen LogP contribution is 2.30. The van der Waals surface area contributed by atoms with Crippen molar-refractivity contribution in [2.75, 3.05) is 61.4 Å². The van der Waals surface area contributed by atoms with Gasteiger partial charge in [-0.15, -0.1) is 0 Å². The molecule has 1 aliphatic heterocycles. The third kappa shape index (κ3) is 10.2. The van der Waals surface area contributed by atoms with Gasteiger partial charge >= 0.3 is 0 Å². The second kappa shape index (κ2) is 19.1. The number of hydrogen-bond acceptors (Lipinski definition) is 7. The molecule has 0 aromatic heterocycles. The van der Waals surface area contributed by atoms with E-state index in [1.54, 1.807) is 24.3 Å². The quantitative estimate of drug-likeness (QED) is 0.100. The minimum absolute atomic E-state index is 0.0300. The molecule has 4 aromatic carbocycles. The molecule has 0 spiro atoms. The minimum Gasteiger partial charge on any atom is -0.336 e. The Kier molecular flexibility index (Phi) is 14.9. The first-order valence-electron chi connectivity index (χ1n) is 18.8. The Morgan fingerprint density at radius 2 is 0.964 bits per heavy atom. The first-order chi connectivity index (χ1) is 26.2. The van der Waals surface area contributed by atoms with Crippen LogP contribution < -0.4 is 0 Å². The lowest BCUT2D eigenvalue weighted by molar-refractivity contribution is 0.0656. The Bertz CT molecular complexity index is 1890. The summed E-state index contributed by atoms with van der Waals surface area (Å²) < 4.78 is 26.5. The van der Waals surface area contributed by atoms with Crippen LogP contribution in [0.5, 0.6) is 0 Å². The molecule has 2 atom stereocenters. The number of Topliss-reactive ketones (excluding diaryl/α,β-unsaturated/α-hetero) is 2. The molecule has 292 valence electrons. The fraction of sp³-hybridized carbons (Fsp3) is 0.378. The largest absolute Gasteiger partial charge is 0.336 e. The Morgan fingerprint density at radius 3 is 1.31 bits per heavy atom. The standard InChI is InChI=1S/C25H32FN3O2.C20H22FNO2/c1-5-25(27(2)3,23(30)20-10-12-22(26)13-11-20)18-19-6-8-21(9-7-19)24(31)29-16-14-28(4)15-17-29;1-4-20(22(2)3,13-15-5-7-16(14-23)8-6-15)19(24)17-9-11-18(21)12-10-17/h6-13H,5,14-18H2,1-4H3;5-12,14H,4,13H2,1-3H3. The maximum absolute atomic E-state index is 13.4. The second-order valence-corrected chi connectivity index (χ2v) is 14.7. The summed E-state index contributed by atoms with van der Waals surface area (Å²) >= 11 is 0. The van der Waals surface area contributed by atoms with Crippen LogP contribution in [-0.2, 0) is 12.8 Å². The maximum Gasteiger partial charge on any atom is 0.253 e. The van der Waals surface area contributed by atoms with Gasteiger partial charge in [0.1, 0.15) is 17.9 Å². The molecular formula is C45H54F2N4O4. The molecule has 0 saturated carbocycles. The van der Waals surface area contributed by atoms with E-state index in [9.17, 15) is 28.0 Å². The lowest BCUT2D eigenvalue weighted by Crippen LogP contribution is -2.52. The number of hydrogen-bond donors (Lipinski definition) is 0. The van der Waals surface area contributed by atoms with Crippen molar-refractivity contribution >= 4 is 23.8 Å². The fourth-order valence-electron chi connectivity index (χ4n) is 7.17. The van der Waals surface area contributed by atoms with E-state index in [-0.39, 0.29) is 29.1 Å². The number of aldehydes is 1. The molecule has 1 amide bonds. The van der Waals surface area contributed by atoms with Crippen LogP contribution in [0.4, 0.5) is 8.78 Å². The third-order valence-corrected chi connectivity index (χ3v) is 11.0. The number of ketones is 2. The van der Waals surface area contributed by atoms with Crippen LogP contribution in [0.25, 0.3) is 0 Å². The molecule has 1 saturated heterocycles. The van der Waals surface area contributed by atoms with Crippen LogP contribution in [0, 0.1) is 11.6 Å². The zero-order valence-electron chi connectivity index (χ0n) is 33.1. The summed E-state index contributed by atoms with van der Waals surface area (Å²) in [5.41, 5.74) is 2.77. The number of likely N-dealkylation sites (N-methyl/N-ethyl adjacent to an activating group) is 3. The van der Waals surface area contributed by atoms with Crippen molar-refractivity contribution in [1.82, 2.24) is 19.6 Å². The Labute approximate surface area is 324 Å². The van der Waals surface area contributed by atoms with Gasteiger partial charge in [-0.1, -0.05) is 50.2 Å². The molecule has 0 bridgehead atoms. The predicted molar refractivity (Wildman–Crippen MR) is 214 cm³/mol.